The van der Waals surface area contributed by atoms with E-state index in [2.05, 4.69) is 156 Å². The molecule has 0 aromatic heterocycles. The quantitative estimate of drug-likeness (QED) is 0.244. The Morgan fingerprint density at radius 3 is 1.67 bits per heavy atom. The molecule has 1 heterocycles. The van der Waals surface area contributed by atoms with Crippen LogP contribution in [-0.2, 0) is 0 Å². The van der Waals surface area contributed by atoms with Crippen LogP contribution in [0.25, 0.3) is 43.4 Å². The maximum Gasteiger partial charge on any atom is 0.130 e. The van der Waals surface area contributed by atoms with Crippen LogP contribution in [0.3, 0.4) is 0 Å². The van der Waals surface area contributed by atoms with Crippen molar-refractivity contribution < 1.29 is 0 Å². The van der Waals surface area contributed by atoms with E-state index >= 15 is 0 Å². The summed E-state index contributed by atoms with van der Waals surface area (Å²) in [6, 6.07) is 52.6. The van der Waals surface area contributed by atoms with Gasteiger partial charge in [0.2, 0.25) is 0 Å². The fourth-order valence-electron chi connectivity index (χ4n) is 6.21. The van der Waals surface area contributed by atoms with Crippen molar-refractivity contribution >= 4 is 49.4 Å². The first kappa shape index (κ1) is 22.0. The molecular formula is C37H26N2. The molecule has 0 saturated heterocycles. The van der Waals surface area contributed by atoms with Crippen LogP contribution < -0.4 is 10.2 Å². The molecule has 0 spiro atoms. The zero-order valence-electron chi connectivity index (χ0n) is 21.4. The molecule has 2 heteroatoms. The Morgan fingerprint density at radius 1 is 0.436 bits per heavy atom. The molecule has 1 N–H and O–H groups in total. The maximum absolute atomic E-state index is 3.75. The van der Waals surface area contributed by atoms with Gasteiger partial charge in [-0.1, -0.05) is 115 Å². The minimum atomic E-state index is 0.0331. The summed E-state index contributed by atoms with van der Waals surface area (Å²) in [5.74, 6) is 0. The van der Waals surface area contributed by atoms with Gasteiger partial charge in [-0.05, 0) is 79.3 Å². The van der Waals surface area contributed by atoms with E-state index in [1.54, 1.807) is 0 Å². The Kier molecular flexibility index (Phi) is 4.92. The van der Waals surface area contributed by atoms with E-state index in [1.165, 1.54) is 60.4 Å². The van der Waals surface area contributed by atoms with Gasteiger partial charge in [-0.25, -0.2) is 0 Å². The number of nitrogens with one attached hydrogen (secondary N) is 1. The van der Waals surface area contributed by atoms with Crippen molar-refractivity contribution in [2.24, 2.45) is 0 Å². The first-order valence-corrected chi connectivity index (χ1v) is 13.5. The lowest BCUT2D eigenvalue weighted by molar-refractivity contribution is 0.828. The molecule has 1 aliphatic heterocycles. The number of hydrogen-bond donors (Lipinski definition) is 1. The van der Waals surface area contributed by atoms with Crippen molar-refractivity contribution in [2.75, 3.05) is 10.2 Å². The number of hydrogen-bond acceptors (Lipinski definition) is 2. The molecular weight excluding hydrogens is 472 g/mol. The molecule has 0 saturated carbocycles. The van der Waals surface area contributed by atoms with Gasteiger partial charge in [-0.15, -0.1) is 0 Å². The highest BCUT2D eigenvalue weighted by Crippen LogP contribution is 2.46. The molecule has 7 aromatic carbocycles. The lowest BCUT2D eigenvalue weighted by atomic mass is 9.92. The van der Waals surface area contributed by atoms with Crippen LogP contribution >= 0.6 is 0 Å². The second-order valence-electron chi connectivity index (χ2n) is 10.2. The molecule has 8 rings (SSSR count). The first-order chi connectivity index (χ1) is 19.3. The number of anilines is 3. The molecule has 7 aromatic rings. The lowest BCUT2D eigenvalue weighted by Crippen LogP contribution is -2.23. The highest BCUT2D eigenvalue weighted by atomic mass is 15.3. The number of rotatable bonds is 3. The molecule has 1 aliphatic rings. The van der Waals surface area contributed by atoms with Crippen LogP contribution in [0.1, 0.15) is 11.7 Å². The van der Waals surface area contributed by atoms with E-state index in [1.807, 2.05) is 0 Å². The smallest absolute Gasteiger partial charge is 0.130 e. The fraction of sp³-hybridized carbons (Fsp3) is 0.0270. The van der Waals surface area contributed by atoms with Gasteiger partial charge in [0, 0.05) is 5.69 Å². The number of nitrogens with zero attached hydrogens (tertiary/aromatic N) is 1. The third-order valence-corrected chi connectivity index (χ3v) is 8.05. The van der Waals surface area contributed by atoms with Gasteiger partial charge in [0.05, 0.1) is 11.4 Å². The number of fused-ring (bicyclic) bond motifs is 7. The van der Waals surface area contributed by atoms with Crippen molar-refractivity contribution in [1.29, 1.82) is 0 Å². The van der Waals surface area contributed by atoms with E-state index in [9.17, 15) is 0 Å². The molecule has 39 heavy (non-hydrogen) atoms. The van der Waals surface area contributed by atoms with Crippen LogP contribution in [-0.4, -0.2) is 0 Å². The average Bonchev–Trinajstić information content (AvgIpc) is 3.41. The highest BCUT2D eigenvalue weighted by molar-refractivity contribution is 6.25. The third kappa shape index (κ3) is 3.49. The summed E-state index contributed by atoms with van der Waals surface area (Å²) in [4.78, 5) is 2.39. The van der Waals surface area contributed by atoms with Crippen molar-refractivity contribution in [3.63, 3.8) is 0 Å². The van der Waals surface area contributed by atoms with Gasteiger partial charge in [0.15, 0.2) is 0 Å². The second-order valence-corrected chi connectivity index (χ2v) is 10.2. The van der Waals surface area contributed by atoms with Crippen LogP contribution in [0.5, 0.6) is 0 Å². The Labute approximate surface area is 227 Å². The molecule has 1 atom stereocenters. The van der Waals surface area contributed by atoms with Crippen molar-refractivity contribution in [3.05, 3.63) is 151 Å². The van der Waals surface area contributed by atoms with Gasteiger partial charge in [-0.2, -0.15) is 0 Å². The average molecular weight is 499 g/mol. The van der Waals surface area contributed by atoms with Crippen LogP contribution in [0.15, 0.2) is 146 Å². The lowest BCUT2D eigenvalue weighted by Gasteiger charge is -2.27. The van der Waals surface area contributed by atoms with Crippen molar-refractivity contribution in [2.45, 2.75) is 6.17 Å². The van der Waals surface area contributed by atoms with Crippen molar-refractivity contribution in [3.8, 4) is 11.1 Å². The number of benzene rings is 7. The van der Waals surface area contributed by atoms with E-state index in [0.29, 0.717) is 0 Å². The summed E-state index contributed by atoms with van der Waals surface area (Å²) in [5.41, 5.74) is 7.22. The van der Waals surface area contributed by atoms with Gasteiger partial charge in [0.25, 0.3) is 0 Å². The number of para-hydroxylation sites is 3. The van der Waals surface area contributed by atoms with E-state index in [4.69, 9.17) is 0 Å². The maximum atomic E-state index is 3.75. The molecule has 2 nitrogen and oxygen atoms in total. The fourth-order valence-corrected chi connectivity index (χ4v) is 6.21. The zero-order chi connectivity index (χ0) is 25.8. The Balaban J connectivity index is 1.21. The summed E-state index contributed by atoms with van der Waals surface area (Å²) in [7, 11) is 0. The summed E-state index contributed by atoms with van der Waals surface area (Å²) in [6.07, 6.45) is 0.0331. The van der Waals surface area contributed by atoms with Gasteiger partial charge in [-0.3, -0.25) is 0 Å². The molecule has 184 valence electrons. The topological polar surface area (TPSA) is 15.3 Å². The summed E-state index contributed by atoms with van der Waals surface area (Å²) >= 11 is 0. The minimum absolute atomic E-state index is 0.0331. The van der Waals surface area contributed by atoms with Gasteiger partial charge in [0.1, 0.15) is 6.17 Å². The predicted octanol–water partition coefficient (Wildman–Crippen LogP) is 10.1. The SMILES string of the molecule is c1ccc(N2c3ccccc3NC2c2ccc(-c3ccc4c5ccccc5c5ccccc5c4c3)cc2)cc1. The van der Waals surface area contributed by atoms with Crippen LogP contribution in [0.2, 0.25) is 0 Å². The minimum Gasteiger partial charge on any atom is -0.359 e. The summed E-state index contributed by atoms with van der Waals surface area (Å²) in [5, 5.41) is 11.6. The molecule has 1 unspecified atom stereocenters. The van der Waals surface area contributed by atoms with Crippen molar-refractivity contribution in [1.82, 2.24) is 0 Å². The monoisotopic (exact) mass is 498 g/mol. The summed E-state index contributed by atoms with van der Waals surface area (Å²) < 4.78 is 0. The molecule has 0 radical (unpaired) electrons. The normalized spacial score (nSPS) is 14.6. The van der Waals surface area contributed by atoms with Crippen LogP contribution in [0.4, 0.5) is 17.1 Å². The Hall–Kier alpha value is -5.08. The predicted molar refractivity (Wildman–Crippen MR) is 166 cm³/mol. The largest absolute Gasteiger partial charge is 0.359 e. The summed E-state index contributed by atoms with van der Waals surface area (Å²) in [6.45, 7) is 0. The molecule has 0 bridgehead atoms. The van der Waals surface area contributed by atoms with E-state index < -0.39 is 0 Å². The standard InChI is InChI=1S/C37H26N2/c1-2-10-28(11-3-1)39-36-17-9-8-16-35(36)38-37(39)26-20-18-25(19-21-26)27-22-23-33-31-14-5-4-12-29(31)30-13-6-7-15-32(30)34(33)24-27/h1-24,37-38H. The first-order valence-electron chi connectivity index (χ1n) is 13.5. The molecule has 0 fully saturated rings. The third-order valence-electron chi connectivity index (χ3n) is 8.05. The molecule has 0 aliphatic carbocycles. The van der Waals surface area contributed by atoms with Gasteiger partial charge >= 0.3 is 0 Å². The highest BCUT2D eigenvalue weighted by Gasteiger charge is 2.30. The Bertz CT molecular complexity index is 1960. The van der Waals surface area contributed by atoms with E-state index in [0.717, 1.165) is 5.69 Å². The molecule has 0 amide bonds. The second kappa shape index (κ2) is 8.75. The van der Waals surface area contributed by atoms with E-state index in [-0.39, 0.29) is 6.17 Å². The van der Waals surface area contributed by atoms with Crippen LogP contribution in [0, 0.1) is 0 Å². The van der Waals surface area contributed by atoms with Gasteiger partial charge < -0.3 is 10.2 Å². The zero-order valence-corrected chi connectivity index (χ0v) is 21.4. The Morgan fingerprint density at radius 2 is 0.974 bits per heavy atom.